The summed E-state index contributed by atoms with van der Waals surface area (Å²) in [5.41, 5.74) is 4.22. The van der Waals surface area contributed by atoms with Crippen LogP contribution in [0.2, 0.25) is 0 Å². The van der Waals surface area contributed by atoms with Gasteiger partial charge in [-0.1, -0.05) is 67.6 Å². The number of carbonyl (C=O) groups excluding carboxylic acids is 1. The Labute approximate surface area is 160 Å². The van der Waals surface area contributed by atoms with Crippen LogP contribution in [0.5, 0.6) is 11.5 Å². The van der Waals surface area contributed by atoms with E-state index in [0.717, 1.165) is 46.5 Å². The zero-order valence-corrected chi connectivity index (χ0v) is 15.6. The van der Waals surface area contributed by atoms with Crippen molar-refractivity contribution in [3.05, 3.63) is 95.1 Å². The van der Waals surface area contributed by atoms with Crippen molar-refractivity contribution in [2.75, 3.05) is 0 Å². The van der Waals surface area contributed by atoms with E-state index in [-0.39, 0.29) is 0 Å². The number of carbonyl (C=O) groups is 1. The van der Waals surface area contributed by atoms with Crippen molar-refractivity contribution in [3.63, 3.8) is 0 Å². The Morgan fingerprint density at radius 1 is 0.815 bits per heavy atom. The fourth-order valence-corrected chi connectivity index (χ4v) is 3.04. The molecule has 0 heterocycles. The van der Waals surface area contributed by atoms with Gasteiger partial charge in [-0.05, 0) is 34.7 Å². The molecule has 3 heteroatoms. The highest BCUT2D eigenvalue weighted by Crippen LogP contribution is 2.31. The Kier molecular flexibility index (Phi) is 6.64. The van der Waals surface area contributed by atoms with E-state index in [9.17, 15) is 4.79 Å². The minimum absolute atomic E-state index is 0.355. The lowest BCUT2D eigenvalue weighted by atomic mass is 10.0. The van der Waals surface area contributed by atoms with E-state index in [0.29, 0.717) is 19.6 Å². The van der Waals surface area contributed by atoms with Gasteiger partial charge in [-0.3, -0.25) is 0 Å². The zero-order valence-electron chi connectivity index (χ0n) is 15.6. The first-order chi connectivity index (χ1) is 13.3. The van der Waals surface area contributed by atoms with Gasteiger partial charge in [0, 0.05) is 12.5 Å². The molecule has 0 unspecified atom stereocenters. The summed E-state index contributed by atoms with van der Waals surface area (Å²) in [5, 5.41) is 0. The van der Waals surface area contributed by atoms with Gasteiger partial charge in [0.1, 0.15) is 31.0 Å². The van der Waals surface area contributed by atoms with Crippen LogP contribution >= 0.6 is 0 Å². The van der Waals surface area contributed by atoms with Gasteiger partial charge >= 0.3 is 0 Å². The molecule has 0 aliphatic rings. The molecule has 0 spiro atoms. The van der Waals surface area contributed by atoms with Crippen LogP contribution in [0.3, 0.4) is 0 Å². The zero-order chi connectivity index (χ0) is 18.9. The molecule has 138 valence electrons. The summed E-state index contributed by atoms with van der Waals surface area (Å²) in [7, 11) is 0. The molecular formula is C24H24O3. The number of aldehydes is 1. The van der Waals surface area contributed by atoms with E-state index in [1.54, 1.807) is 0 Å². The summed E-state index contributed by atoms with van der Waals surface area (Å²) in [6.07, 6.45) is 2.08. The average Bonchev–Trinajstić information content (AvgIpc) is 2.72. The molecule has 0 saturated heterocycles. The summed E-state index contributed by atoms with van der Waals surface area (Å²) in [6, 6.07) is 24.0. The molecule has 0 N–H and O–H groups in total. The minimum atomic E-state index is 0.355. The van der Waals surface area contributed by atoms with Gasteiger partial charge in [-0.2, -0.15) is 0 Å². The van der Waals surface area contributed by atoms with Crippen LogP contribution in [0.15, 0.2) is 72.8 Å². The predicted molar refractivity (Wildman–Crippen MR) is 107 cm³/mol. The van der Waals surface area contributed by atoms with Crippen LogP contribution in [-0.4, -0.2) is 6.29 Å². The summed E-state index contributed by atoms with van der Waals surface area (Å²) >= 11 is 0. The average molecular weight is 360 g/mol. The highest BCUT2D eigenvalue weighted by atomic mass is 16.5. The molecular weight excluding hydrogens is 336 g/mol. The highest BCUT2D eigenvalue weighted by molar-refractivity contribution is 5.59. The minimum Gasteiger partial charge on any atom is -0.489 e. The first-order valence-electron chi connectivity index (χ1n) is 9.23. The maximum Gasteiger partial charge on any atom is 0.126 e. The van der Waals surface area contributed by atoms with Crippen LogP contribution in [0.1, 0.15) is 29.2 Å². The molecule has 0 fully saturated rings. The van der Waals surface area contributed by atoms with E-state index in [1.165, 1.54) is 0 Å². The molecule has 27 heavy (non-hydrogen) atoms. The number of hydrogen-bond donors (Lipinski definition) is 0. The monoisotopic (exact) mass is 360 g/mol. The molecule has 3 aromatic rings. The lowest BCUT2D eigenvalue weighted by Crippen LogP contribution is -2.04. The third-order valence-corrected chi connectivity index (χ3v) is 4.42. The maximum atomic E-state index is 11.1. The van der Waals surface area contributed by atoms with Crippen LogP contribution in [-0.2, 0) is 30.8 Å². The van der Waals surface area contributed by atoms with Gasteiger partial charge < -0.3 is 14.3 Å². The third-order valence-electron chi connectivity index (χ3n) is 4.42. The summed E-state index contributed by atoms with van der Waals surface area (Å²) in [5.74, 6) is 1.50. The van der Waals surface area contributed by atoms with Crippen LogP contribution in [0.4, 0.5) is 0 Å². The Morgan fingerprint density at radius 2 is 1.41 bits per heavy atom. The predicted octanol–water partition coefficient (Wildman–Crippen LogP) is 5.15. The molecule has 0 aliphatic carbocycles. The van der Waals surface area contributed by atoms with Crippen molar-refractivity contribution in [2.45, 2.75) is 33.0 Å². The second kappa shape index (κ2) is 9.58. The number of ether oxygens (including phenoxy) is 2. The quantitative estimate of drug-likeness (QED) is 0.495. The van der Waals surface area contributed by atoms with Crippen LogP contribution < -0.4 is 9.47 Å². The Morgan fingerprint density at radius 3 is 1.96 bits per heavy atom. The second-order valence-corrected chi connectivity index (χ2v) is 6.33. The maximum absolute atomic E-state index is 11.1. The molecule has 3 rings (SSSR count). The number of rotatable bonds is 9. The van der Waals surface area contributed by atoms with E-state index in [2.05, 4.69) is 6.92 Å². The van der Waals surface area contributed by atoms with Crippen molar-refractivity contribution >= 4 is 6.29 Å². The van der Waals surface area contributed by atoms with Crippen molar-refractivity contribution < 1.29 is 14.3 Å². The van der Waals surface area contributed by atoms with Gasteiger partial charge in [0.2, 0.25) is 0 Å². The first-order valence-corrected chi connectivity index (χ1v) is 9.23. The smallest absolute Gasteiger partial charge is 0.126 e. The number of benzene rings is 3. The van der Waals surface area contributed by atoms with Gasteiger partial charge in [0.05, 0.1) is 0 Å². The normalized spacial score (nSPS) is 10.4. The van der Waals surface area contributed by atoms with E-state index < -0.39 is 0 Å². The molecule has 0 bridgehead atoms. The summed E-state index contributed by atoms with van der Waals surface area (Å²) in [4.78, 5) is 11.1. The van der Waals surface area contributed by atoms with Crippen LogP contribution in [0, 0.1) is 0 Å². The van der Waals surface area contributed by atoms with E-state index in [4.69, 9.17) is 9.47 Å². The molecule has 0 amide bonds. The van der Waals surface area contributed by atoms with Gasteiger partial charge in [0.25, 0.3) is 0 Å². The second-order valence-electron chi connectivity index (χ2n) is 6.33. The number of hydrogen-bond acceptors (Lipinski definition) is 3. The molecule has 0 atom stereocenters. The molecule has 3 aromatic carbocycles. The van der Waals surface area contributed by atoms with Gasteiger partial charge in [-0.25, -0.2) is 0 Å². The standard InChI is InChI=1S/C24H24O3/c1-2-23-21(13-14-25)15-22(26-17-19-9-5-3-6-10-19)16-24(23)27-18-20-11-7-4-8-12-20/h3-12,14-16H,2,13,17-18H2,1H3. The highest BCUT2D eigenvalue weighted by Gasteiger charge is 2.12. The lowest BCUT2D eigenvalue weighted by molar-refractivity contribution is -0.107. The van der Waals surface area contributed by atoms with Crippen molar-refractivity contribution in [1.29, 1.82) is 0 Å². The fourth-order valence-electron chi connectivity index (χ4n) is 3.04. The lowest BCUT2D eigenvalue weighted by Gasteiger charge is -2.17. The SMILES string of the molecule is CCc1c(CC=O)cc(OCc2ccccc2)cc1OCc1ccccc1. The topological polar surface area (TPSA) is 35.5 Å². The molecule has 0 radical (unpaired) electrons. The first kappa shape index (κ1) is 18.7. The Bertz CT molecular complexity index is 858. The summed E-state index contributed by atoms with van der Waals surface area (Å²) in [6.45, 7) is 3.03. The molecule has 0 aliphatic heterocycles. The van der Waals surface area contributed by atoms with Crippen molar-refractivity contribution in [3.8, 4) is 11.5 Å². The van der Waals surface area contributed by atoms with E-state index >= 15 is 0 Å². The fraction of sp³-hybridized carbons (Fsp3) is 0.208. The summed E-state index contributed by atoms with van der Waals surface area (Å²) < 4.78 is 12.1. The Hall–Kier alpha value is -3.07. The van der Waals surface area contributed by atoms with Crippen molar-refractivity contribution in [1.82, 2.24) is 0 Å². The van der Waals surface area contributed by atoms with Crippen LogP contribution in [0.25, 0.3) is 0 Å². The van der Waals surface area contributed by atoms with Gasteiger partial charge in [0.15, 0.2) is 0 Å². The largest absolute Gasteiger partial charge is 0.489 e. The molecule has 0 aromatic heterocycles. The van der Waals surface area contributed by atoms with E-state index in [1.807, 2.05) is 72.8 Å². The third kappa shape index (κ3) is 5.20. The van der Waals surface area contributed by atoms with Gasteiger partial charge in [-0.15, -0.1) is 0 Å². The van der Waals surface area contributed by atoms with Crippen molar-refractivity contribution in [2.24, 2.45) is 0 Å². The molecule has 3 nitrogen and oxygen atoms in total. The molecule has 0 saturated carbocycles. The Balaban J connectivity index is 1.82.